The maximum Gasteiger partial charge on any atom is 0.341 e. The molecule has 0 aliphatic carbocycles. The van der Waals surface area contributed by atoms with E-state index in [4.69, 9.17) is 4.74 Å². The fourth-order valence-electron chi connectivity index (χ4n) is 2.69. The van der Waals surface area contributed by atoms with Gasteiger partial charge in [0.05, 0.1) is 18.5 Å². The van der Waals surface area contributed by atoms with Crippen molar-refractivity contribution in [1.29, 1.82) is 0 Å². The summed E-state index contributed by atoms with van der Waals surface area (Å²) < 4.78 is 18.0. The number of benzene rings is 2. The van der Waals surface area contributed by atoms with Gasteiger partial charge in [0.25, 0.3) is 5.69 Å². The second-order valence-corrected chi connectivity index (χ2v) is 6.88. The lowest BCUT2D eigenvalue weighted by Gasteiger charge is -2.08. The van der Waals surface area contributed by atoms with Crippen LogP contribution in [0.1, 0.15) is 15.9 Å². The molecule has 0 aliphatic heterocycles. The SMILES string of the molecule is COC(=O)c1c(-c2ccc(F)cc2)csc1NC(=O)Cc1ccc([N+](=O)[O-])cc1. The zero-order valence-electron chi connectivity index (χ0n) is 15.2. The topological polar surface area (TPSA) is 98.5 Å². The molecule has 0 saturated carbocycles. The van der Waals surface area contributed by atoms with Crippen LogP contribution in [0.5, 0.6) is 0 Å². The molecule has 0 spiro atoms. The van der Waals surface area contributed by atoms with Crippen molar-refractivity contribution in [2.75, 3.05) is 12.4 Å². The van der Waals surface area contributed by atoms with Gasteiger partial charge in [-0.15, -0.1) is 11.3 Å². The van der Waals surface area contributed by atoms with Crippen LogP contribution in [-0.2, 0) is 16.0 Å². The molecule has 1 amide bonds. The summed E-state index contributed by atoms with van der Waals surface area (Å²) in [6.07, 6.45) is -0.0254. The molecule has 29 heavy (non-hydrogen) atoms. The molecule has 0 atom stereocenters. The predicted octanol–water partition coefficient (Wildman–Crippen LogP) is 4.43. The Bertz CT molecular complexity index is 1060. The van der Waals surface area contributed by atoms with E-state index in [2.05, 4.69) is 5.32 Å². The van der Waals surface area contributed by atoms with E-state index in [1.54, 1.807) is 5.38 Å². The number of rotatable bonds is 6. The molecule has 0 unspecified atom stereocenters. The number of esters is 1. The average Bonchev–Trinajstić information content (AvgIpc) is 3.11. The maximum atomic E-state index is 13.2. The molecule has 3 rings (SSSR count). The Morgan fingerprint density at radius 3 is 2.38 bits per heavy atom. The zero-order valence-corrected chi connectivity index (χ0v) is 16.0. The van der Waals surface area contributed by atoms with Crippen molar-refractivity contribution in [3.63, 3.8) is 0 Å². The van der Waals surface area contributed by atoms with Crippen molar-refractivity contribution in [3.8, 4) is 11.1 Å². The number of ether oxygens (including phenoxy) is 1. The van der Waals surface area contributed by atoms with Crippen LogP contribution in [0.25, 0.3) is 11.1 Å². The Balaban J connectivity index is 1.82. The van der Waals surface area contributed by atoms with Crippen LogP contribution in [0.3, 0.4) is 0 Å². The van der Waals surface area contributed by atoms with Crippen molar-refractivity contribution >= 4 is 33.9 Å². The first-order valence-electron chi connectivity index (χ1n) is 8.38. The highest BCUT2D eigenvalue weighted by Gasteiger charge is 2.22. The minimum Gasteiger partial charge on any atom is -0.465 e. The third-order valence-electron chi connectivity index (χ3n) is 4.10. The number of amides is 1. The number of nitrogens with one attached hydrogen (secondary N) is 1. The number of methoxy groups -OCH3 is 1. The highest BCUT2D eigenvalue weighted by molar-refractivity contribution is 7.15. The Kier molecular flexibility index (Phi) is 5.99. The van der Waals surface area contributed by atoms with Crippen LogP contribution in [0.4, 0.5) is 15.1 Å². The molecule has 2 aromatic carbocycles. The number of non-ortho nitro benzene ring substituents is 1. The van der Waals surface area contributed by atoms with Crippen molar-refractivity contribution < 1.29 is 23.6 Å². The molecule has 0 bridgehead atoms. The van der Waals surface area contributed by atoms with Gasteiger partial charge in [0, 0.05) is 23.1 Å². The van der Waals surface area contributed by atoms with Gasteiger partial charge in [-0.25, -0.2) is 9.18 Å². The number of hydrogen-bond donors (Lipinski definition) is 1. The monoisotopic (exact) mass is 414 g/mol. The average molecular weight is 414 g/mol. The first kappa shape index (κ1) is 20.2. The number of halogens is 1. The lowest BCUT2D eigenvalue weighted by atomic mass is 10.0. The van der Waals surface area contributed by atoms with Crippen LogP contribution >= 0.6 is 11.3 Å². The van der Waals surface area contributed by atoms with Gasteiger partial charge >= 0.3 is 5.97 Å². The van der Waals surface area contributed by atoms with Crippen LogP contribution in [0, 0.1) is 15.9 Å². The minimum absolute atomic E-state index is 0.0254. The molecular weight excluding hydrogens is 399 g/mol. The van der Waals surface area contributed by atoms with Gasteiger partial charge in [-0.2, -0.15) is 0 Å². The van der Waals surface area contributed by atoms with Gasteiger partial charge in [-0.3, -0.25) is 14.9 Å². The summed E-state index contributed by atoms with van der Waals surface area (Å²) in [6.45, 7) is 0. The van der Waals surface area contributed by atoms with Gasteiger partial charge in [-0.1, -0.05) is 24.3 Å². The molecule has 0 radical (unpaired) electrons. The van der Waals surface area contributed by atoms with E-state index in [0.29, 0.717) is 21.7 Å². The van der Waals surface area contributed by atoms with E-state index in [-0.39, 0.29) is 17.7 Å². The Hall–Kier alpha value is -3.59. The Morgan fingerprint density at radius 1 is 1.14 bits per heavy atom. The lowest BCUT2D eigenvalue weighted by Crippen LogP contribution is -2.16. The van der Waals surface area contributed by atoms with Crippen LogP contribution in [-0.4, -0.2) is 23.9 Å². The minimum atomic E-state index is -0.629. The highest BCUT2D eigenvalue weighted by Crippen LogP contribution is 2.36. The molecule has 7 nitrogen and oxygen atoms in total. The van der Waals surface area contributed by atoms with Crippen molar-refractivity contribution in [2.45, 2.75) is 6.42 Å². The zero-order chi connectivity index (χ0) is 21.0. The number of carbonyl (C=O) groups excluding carboxylic acids is 2. The molecule has 0 saturated heterocycles. The molecule has 3 aromatic rings. The number of nitro benzene ring substituents is 1. The standard InChI is InChI=1S/C20H15FN2O5S/c1-28-20(25)18-16(13-4-6-14(21)7-5-13)11-29-19(18)22-17(24)10-12-2-8-15(9-3-12)23(26)27/h2-9,11H,10H2,1H3,(H,22,24). The molecule has 0 fully saturated rings. The second kappa shape index (κ2) is 8.61. The quantitative estimate of drug-likeness (QED) is 0.365. The van der Waals surface area contributed by atoms with Gasteiger partial charge in [-0.05, 0) is 23.3 Å². The number of hydrogen-bond acceptors (Lipinski definition) is 6. The fourth-order valence-corrected chi connectivity index (χ4v) is 3.66. The van der Waals surface area contributed by atoms with E-state index >= 15 is 0 Å². The summed E-state index contributed by atoms with van der Waals surface area (Å²) >= 11 is 1.15. The Morgan fingerprint density at radius 2 is 1.79 bits per heavy atom. The van der Waals surface area contributed by atoms with E-state index < -0.39 is 22.6 Å². The summed E-state index contributed by atoms with van der Waals surface area (Å²) in [5.74, 6) is -1.42. The lowest BCUT2D eigenvalue weighted by molar-refractivity contribution is -0.384. The number of carbonyl (C=O) groups is 2. The summed E-state index contributed by atoms with van der Waals surface area (Å²) in [5, 5.41) is 15.4. The largest absolute Gasteiger partial charge is 0.465 e. The van der Waals surface area contributed by atoms with Crippen LogP contribution in [0.2, 0.25) is 0 Å². The predicted molar refractivity (Wildman–Crippen MR) is 106 cm³/mol. The van der Waals surface area contributed by atoms with Crippen molar-refractivity contribution in [2.24, 2.45) is 0 Å². The van der Waals surface area contributed by atoms with Gasteiger partial charge in [0.2, 0.25) is 5.91 Å². The van der Waals surface area contributed by atoms with Crippen LogP contribution in [0.15, 0.2) is 53.9 Å². The summed E-state index contributed by atoms with van der Waals surface area (Å²) in [7, 11) is 1.23. The molecule has 1 aromatic heterocycles. The first-order chi connectivity index (χ1) is 13.9. The molecule has 1 heterocycles. The number of thiophene rings is 1. The number of nitro groups is 1. The smallest absolute Gasteiger partial charge is 0.341 e. The fraction of sp³-hybridized carbons (Fsp3) is 0.100. The molecular formula is C20H15FN2O5S. The van der Waals surface area contributed by atoms with E-state index in [0.717, 1.165) is 11.3 Å². The molecule has 9 heteroatoms. The molecule has 0 aliphatic rings. The molecule has 148 valence electrons. The van der Waals surface area contributed by atoms with Gasteiger partial charge < -0.3 is 10.1 Å². The first-order valence-corrected chi connectivity index (χ1v) is 9.26. The highest BCUT2D eigenvalue weighted by atomic mass is 32.1. The van der Waals surface area contributed by atoms with E-state index in [9.17, 15) is 24.1 Å². The summed E-state index contributed by atoms with van der Waals surface area (Å²) in [4.78, 5) is 34.9. The van der Waals surface area contributed by atoms with Crippen molar-refractivity contribution in [3.05, 3.63) is 81.0 Å². The van der Waals surface area contributed by atoms with E-state index in [1.165, 1.54) is 55.6 Å². The van der Waals surface area contributed by atoms with Crippen LogP contribution < -0.4 is 5.32 Å². The Labute approximate surface area is 168 Å². The number of anilines is 1. The van der Waals surface area contributed by atoms with Gasteiger partial charge in [0.15, 0.2) is 0 Å². The third-order valence-corrected chi connectivity index (χ3v) is 5.00. The maximum absolute atomic E-state index is 13.2. The van der Waals surface area contributed by atoms with E-state index in [1.807, 2.05) is 0 Å². The second-order valence-electron chi connectivity index (χ2n) is 6.00. The summed E-state index contributed by atoms with van der Waals surface area (Å²) in [6, 6.07) is 11.3. The van der Waals surface area contributed by atoms with Gasteiger partial charge in [0.1, 0.15) is 16.4 Å². The van der Waals surface area contributed by atoms with Crippen molar-refractivity contribution in [1.82, 2.24) is 0 Å². The number of nitrogens with zero attached hydrogens (tertiary/aromatic N) is 1. The molecule has 1 N–H and O–H groups in total. The summed E-state index contributed by atoms with van der Waals surface area (Å²) in [5.41, 5.74) is 1.83. The third kappa shape index (κ3) is 4.64. The normalized spacial score (nSPS) is 10.4.